The van der Waals surface area contributed by atoms with Crippen LogP contribution in [0.15, 0.2) is 4.99 Å². The monoisotopic (exact) mass is 224 g/mol. The third-order valence-corrected chi connectivity index (χ3v) is 2.27. The molecule has 0 aromatic heterocycles. The van der Waals surface area contributed by atoms with Crippen molar-refractivity contribution in [2.45, 2.75) is 18.9 Å². The first kappa shape index (κ1) is 6.48. The van der Waals surface area contributed by atoms with Crippen LogP contribution < -0.4 is 0 Å². The van der Waals surface area contributed by atoms with E-state index < -0.39 is 0 Å². The molecule has 0 aliphatic heterocycles. The molecule has 0 aromatic carbocycles. The predicted octanol–water partition coefficient (Wildman–Crippen LogP) is 1.46. The van der Waals surface area contributed by atoms with Gasteiger partial charge in [-0.1, -0.05) is 0 Å². The molecule has 1 fully saturated rings. The summed E-state index contributed by atoms with van der Waals surface area (Å²) in [6.07, 6.45) is 2.69. The number of rotatable bonds is 3. The summed E-state index contributed by atoms with van der Waals surface area (Å²) in [6.45, 7) is 4.20. The Morgan fingerprint density at radius 1 is 1.75 bits per heavy atom. The van der Waals surface area contributed by atoms with Crippen molar-refractivity contribution in [2.24, 2.45) is 4.99 Å². The summed E-state index contributed by atoms with van der Waals surface area (Å²) in [7, 11) is 0. The second-order valence-corrected chi connectivity index (χ2v) is 3.24. The van der Waals surface area contributed by atoms with E-state index in [-0.39, 0.29) is 0 Å². The molecule has 2 nitrogen and oxygen atoms in total. The fraction of sp³-hybridized carbons (Fsp3) is 0.800. The topological polar surface area (TPSA) is 15.6 Å². The van der Waals surface area contributed by atoms with Gasteiger partial charge in [-0.15, -0.1) is 0 Å². The van der Waals surface area contributed by atoms with Crippen molar-refractivity contribution in [3.05, 3.63) is 0 Å². The lowest BCUT2D eigenvalue weighted by molar-refractivity contribution is 0.520. The van der Waals surface area contributed by atoms with Gasteiger partial charge in [-0.3, -0.25) is 4.99 Å². The van der Waals surface area contributed by atoms with Gasteiger partial charge in [-0.2, -0.15) is 0 Å². The molecular formula is C5H9IN2. The first-order valence-corrected chi connectivity index (χ1v) is 3.66. The zero-order valence-electron chi connectivity index (χ0n) is 4.68. The maximum Gasteiger partial charge on any atom is 0.0990 e. The van der Waals surface area contributed by atoms with Crippen LogP contribution in [-0.2, 0) is 0 Å². The zero-order chi connectivity index (χ0) is 5.98. The fourth-order valence-electron chi connectivity index (χ4n) is 0.566. The third kappa shape index (κ3) is 1.70. The van der Waals surface area contributed by atoms with E-state index in [0.29, 0.717) is 0 Å². The Morgan fingerprint density at radius 3 is 2.75 bits per heavy atom. The second-order valence-electron chi connectivity index (χ2n) is 2.00. The summed E-state index contributed by atoms with van der Waals surface area (Å²) in [6, 6.07) is 0.807. The van der Waals surface area contributed by atoms with Gasteiger partial charge >= 0.3 is 0 Å². The lowest BCUT2D eigenvalue weighted by Gasteiger charge is -2.06. The highest BCUT2D eigenvalue weighted by molar-refractivity contribution is 14.1. The van der Waals surface area contributed by atoms with Gasteiger partial charge < -0.3 is 0 Å². The summed E-state index contributed by atoms with van der Waals surface area (Å²) >= 11 is 2.29. The van der Waals surface area contributed by atoms with E-state index in [1.165, 1.54) is 12.8 Å². The second kappa shape index (κ2) is 2.77. The minimum atomic E-state index is 0.783. The predicted molar refractivity (Wildman–Crippen MR) is 43.3 cm³/mol. The summed E-state index contributed by atoms with van der Waals surface area (Å²) in [4.78, 5) is 3.77. The molecule has 0 radical (unpaired) electrons. The van der Waals surface area contributed by atoms with Crippen molar-refractivity contribution in [3.8, 4) is 0 Å². The number of hydrogen-bond donors (Lipinski definition) is 0. The summed E-state index contributed by atoms with van der Waals surface area (Å²) in [5.74, 6) is 0. The Balaban J connectivity index is 2.12. The van der Waals surface area contributed by atoms with Crippen molar-refractivity contribution in [3.63, 3.8) is 0 Å². The van der Waals surface area contributed by atoms with Crippen molar-refractivity contribution >= 4 is 29.6 Å². The van der Waals surface area contributed by atoms with Crippen LogP contribution in [0.5, 0.6) is 0 Å². The molecule has 0 N–H and O–H groups in total. The average Bonchev–Trinajstić information content (AvgIpc) is 2.45. The van der Waals surface area contributed by atoms with Crippen molar-refractivity contribution in [2.75, 3.05) is 6.67 Å². The lowest BCUT2D eigenvalue weighted by atomic mass is 10.7. The van der Waals surface area contributed by atoms with Gasteiger partial charge in [0.05, 0.1) is 6.67 Å². The molecule has 0 saturated heterocycles. The Morgan fingerprint density at radius 2 is 2.38 bits per heavy atom. The lowest BCUT2D eigenvalue weighted by Crippen LogP contribution is -2.12. The quantitative estimate of drug-likeness (QED) is 0.402. The Kier molecular flexibility index (Phi) is 2.25. The number of aliphatic imine (C=N–C) groups is 1. The van der Waals surface area contributed by atoms with Crippen LogP contribution in [0.4, 0.5) is 0 Å². The van der Waals surface area contributed by atoms with Crippen LogP contribution in [0.2, 0.25) is 0 Å². The average molecular weight is 224 g/mol. The number of halogens is 1. The molecule has 8 heavy (non-hydrogen) atoms. The molecule has 0 atom stereocenters. The van der Waals surface area contributed by atoms with Crippen molar-refractivity contribution < 1.29 is 0 Å². The van der Waals surface area contributed by atoms with Gasteiger partial charge in [0.1, 0.15) is 0 Å². The van der Waals surface area contributed by atoms with Gasteiger partial charge in [-0.25, -0.2) is 3.11 Å². The van der Waals surface area contributed by atoms with Gasteiger partial charge in [-0.05, 0) is 19.6 Å². The standard InChI is InChI=1S/C5H9IN2/c1-7-4-8(6)5-2-3-5/h5H,1-4H2. The molecule has 46 valence electrons. The third-order valence-electron chi connectivity index (χ3n) is 1.18. The molecule has 0 spiro atoms. The van der Waals surface area contributed by atoms with Crippen LogP contribution in [-0.4, -0.2) is 22.5 Å². The van der Waals surface area contributed by atoms with Crippen LogP contribution in [0.1, 0.15) is 12.8 Å². The molecule has 3 heteroatoms. The highest BCUT2D eigenvalue weighted by Gasteiger charge is 2.26. The number of nitrogens with zero attached hydrogens (tertiary/aromatic N) is 2. The van der Waals surface area contributed by atoms with Crippen LogP contribution in [0, 0.1) is 0 Å². The van der Waals surface area contributed by atoms with Gasteiger partial charge in [0.25, 0.3) is 0 Å². The molecule has 0 amide bonds. The summed E-state index contributed by atoms with van der Waals surface area (Å²) in [5, 5.41) is 0. The molecule has 0 bridgehead atoms. The molecule has 1 aliphatic carbocycles. The SMILES string of the molecule is C=NCN(I)C1CC1. The minimum Gasteiger partial charge on any atom is -0.285 e. The van der Waals surface area contributed by atoms with Gasteiger partial charge in [0.2, 0.25) is 0 Å². The Hall–Kier alpha value is 0.360. The highest BCUT2D eigenvalue weighted by Crippen LogP contribution is 2.28. The molecule has 0 aromatic rings. The van der Waals surface area contributed by atoms with Crippen LogP contribution in [0.25, 0.3) is 0 Å². The van der Waals surface area contributed by atoms with E-state index in [2.05, 4.69) is 37.7 Å². The minimum absolute atomic E-state index is 0.783. The molecule has 1 saturated carbocycles. The van der Waals surface area contributed by atoms with Crippen molar-refractivity contribution in [1.29, 1.82) is 0 Å². The van der Waals surface area contributed by atoms with E-state index in [0.717, 1.165) is 12.7 Å². The molecule has 0 heterocycles. The van der Waals surface area contributed by atoms with E-state index in [1.807, 2.05) is 0 Å². The Bertz CT molecular complexity index is 90.4. The summed E-state index contributed by atoms with van der Waals surface area (Å²) in [5.41, 5.74) is 0. The van der Waals surface area contributed by atoms with Crippen LogP contribution in [0.3, 0.4) is 0 Å². The first-order chi connectivity index (χ1) is 3.84. The maximum absolute atomic E-state index is 3.77. The largest absolute Gasteiger partial charge is 0.285 e. The van der Waals surface area contributed by atoms with E-state index >= 15 is 0 Å². The molecular weight excluding hydrogens is 215 g/mol. The first-order valence-electron chi connectivity index (χ1n) is 2.69. The molecule has 1 rings (SSSR count). The van der Waals surface area contributed by atoms with Gasteiger partial charge in [0.15, 0.2) is 0 Å². The molecule has 0 unspecified atom stereocenters. The number of hydrogen-bond acceptors (Lipinski definition) is 2. The van der Waals surface area contributed by atoms with E-state index in [4.69, 9.17) is 0 Å². The van der Waals surface area contributed by atoms with Crippen molar-refractivity contribution in [1.82, 2.24) is 3.11 Å². The molecule has 1 aliphatic rings. The Labute approximate surface area is 63.5 Å². The van der Waals surface area contributed by atoms with Gasteiger partial charge in [0, 0.05) is 28.9 Å². The summed E-state index contributed by atoms with van der Waals surface area (Å²) < 4.78 is 2.20. The van der Waals surface area contributed by atoms with E-state index in [9.17, 15) is 0 Å². The highest BCUT2D eigenvalue weighted by atomic mass is 127. The smallest absolute Gasteiger partial charge is 0.0990 e. The zero-order valence-corrected chi connectivity index (χ0v) is 6.84. The fourth-order valence-corrected chi connectivity index (χ4v) is 1.34. The maximum atomic E-state index is 3.77. The van der Waals surface area contributed by atoms with Crippen LogP contribution >= 0.6 is 22.9 Å². The van der Waals surface area contributed by atoms with E-state index in [1.54, 1.807) is 0 Å². The normalized spacial score (nSPS) is 19.2.